The van der Waals surface area contributed by atoms with Gasteiger partial charge in [0.25, 0.3) is 5.91 Å². The number of halogens is 1. The summed E-state index contributed by atoms with van der Waals surface area (Å²) in [7, 11) is 2.98. The lowest BCUT2D eigenvalue weighted by Gasteiger charge is -2.15. The number of amides is 1. The number of pyridine rings is 1. The molecule has 0 bridgehead atoms. The van der Waals surface area contributed by atoms with Crippen LogP contribution >= 0.6 is 22.9 Å². The predicted molar refractivity (Wildman–Crippen MR) is 80.7 cm³/mol. The Morgan fingerprint density at radius 2 is 2.10 bits per heavy atom. The highest BCUT2D eigenvalue weighted by Crippen LogP contribution is 2.22. The van der Waals surface area contributed by atoms with Crippen LogP contribution in [0.1, 0.15) is 25.7 Å². The van der Waals surface area contributed by atoms with E-state index in [1.165, 1.54) is 36.8 Å². The van der Waals surface area contributed by atoms with E-state index in [2.05, 4.69) is 9.72 Å². The van der Waals surface area contributed by atoms with Crippen molar-refractivity contribution in [3.63, 3.8) is 0 Å². The number of carbonyl (C=O) groups excluding carboxylic acids is 2. The van der Waals surface area contributed by atoms with Crippen molar-refractivity contribution in [1.29, 1.82) is 0 Å². The van der Waals surface area contributed by atoms with Gasteiger partial charge in [-0.3, -0.25) is 9.78 Å². The summed E-state index contributed by atoms with van der Waals surface area (Å²) in [6.45, 7) is 0.455. The number of ether oxygens (including phenoxy) is 1. The Bertz CT molecular complexity index is 654. The lowest BCUT2D eigenvalue weighted by molar-refractivity contribution is 0.0599. The third-order valence-corrected chi connectivity index (χ3v) is 3.99. The topological polar surface area (TPSA) is 59.5 Å². The highest BCUT2D eigenvalue weighted by molar-refractivity contribution is 7.16. The van der Waals surface area contributed by atoms with Gasteiger partial charge in [0, 0.05) is 18.1 Å². The number of hydrogen-bond donors (Lipinski definition) is 0. The Kier molecular flexibility index (Phi) is 4.93. The fraction of sp³-hybridized carbons (Fsp3) is 0.214. The summed E-state index contributed by atoms with van der Waals surface area (Å²) >= 11 is 7.29. The highest BCUT2D eigenvalue weighted by Gasteiger charge is 2.15. The Labute approximate surface area is 131 Å². The van der Waals surface area contributed by atoms with Crippen LogP contribution in [0.5, 0.6) is 0 Å². The molecule has 2 aromatic heterocycles. The van der Waals surface area contributed by atoms with Crippen molar-refractivity contribution in [3.05, 3.63) is 50.9 Å². The van der Waals surface area contributed by atoms with Crippen LogP contribution in [0, 0.1) is 0 Å². The average molecular weight is 325 g/mol. The van der Waals surface area contributed by atoms with Crippen molar-refractivity contribution in [2.24, 2.45) is 0 Å². The second-order valence-corrected chi connectivity index (χ2v) is 6.09. The number of esters is 1. The number of hydrogen-bond acceptors (Lipinski definition) is 5. The molecule has 2 aromatic rings. The van der Waals surface area contributed by atoms with Gasteiger partial charge in [0.1, 0.15) is 5.69 Å². The maximum absolute atomic E-state index is 12.2. The molecule has 7 heteroatoms. The molecule has 110 valence electrons. The van der Waals surface area contributed by atoms with Gasteiger partial charge in [0.05, 0.1) is 23.6 Å². The molecule has 0 spiro atoms. The molecule has 0 N–H and O–H groups in total. The maximum atomic E-state index is 12.2. The quantitative estimate of drug-likeness (QED) is 0.811. The third-order valence-electron chi connectivity index (χ3n) is 2.77. The zero-order chi connectivity index (χ0) is 15.4. The zero-order valence-corrected chi connectivity index (χ0v) is 13.1. The first-order chi connectivity index (χ1) is 10.0. The van der Waals surface area contributed by atoms with Crippen LogP contribution < -0.4 is 0 Å². The summed E-state index contributed by atoms with van der Waals surface area (Å²) in [6.07, 6.45) is 1.33. The van der Waals surface area contributed by atoms with E-state index in [4.69, 9.17) is 11.6 Å². The highest BCUT2D eigenvalue weighted by atomic mass is 35.5. The molecule has 1 amide bonds. The maximum Gasteiger partial charge on any atom is 0.339 e. The van der Waals surface area contributed by atoms with Gasteiger partial charge in [-0.2, -0.15) is 0 Å². The molecule has 2 heterocycles. The largest absolute Gasteiger partial charge is 0.465 e. The first-order valence-electron chi connectivity index (χ1n) is 6.05. The van der Waals surface area contributed by atoms with E-state index in [0.29, 0.717) is 16.4 Å². The summed E-state index contributed by atoms with van der Waals surface area (Å²) in [6, 6.07) is 6.70. The van der Waals surface area contributed by atoms with Crippen molar-refractivity contribution in [1.82, 2.24) is 9.88 Å². The lowest BCUT2D eigenvalue weighted by Crippen LogP contribution is -2.26. The molecular formula is C14H13ClN2O3S. The Hall–Kier alpha value is -1.92. The Morgan fingerprint density at radius 1 is 1.33 bits per heavy atom. The van der Waals surface area contributed by atoms with Crippen molar-refractivity contribution >= 4 is 34.8 Å². The minimum Gasteiger partial charge on any atom is -0.465 e. The number of aromatic nitrogens is 1. The van der Waals surface area contributed by atoms with Gasteiger partial charge in [-0.15, -0.1) is 11.3 Å². The van der Waals surface area contributed by atoms with Gasteiger partial charge < -0.3 is 9.64 Å². The van der Waals surface area contributed by atoms with E-state index >= 15 is 0 Å². The normalized spacial score (nSPS) is 10.2. The van der Waals surface area contributed by atoms with Crippen LogP contribution in [0.3, 0.4) is 0 Å². The molecule has 0 aliphatic rings. The summed E-state index contributed by atoms with van der Waals surface area (Å²) < 4.78 is 5.27. The average Bonchev–Trinajstić information content (AvgIpc) is 2.90. The number of rotatable bonds is 4. The lowest BCUT2D eigenvalue weighted by atomic mass is 10.2. The summed E-state index contributed by atoms with van der Waals surface area (Å²) in [5.74, 6) is -0.709. The Balaban J connectivity index is 2.06. The van der Waals surface area contributed by atoms with Crippen LogP contribution in [-0.2, 0) is 11.3 Å². The molecular weight excluding hydrogens is 312 g/mol. The first-order valence-corrected chi connectivity index (χ1v) is 7.24. The van der Waals surface area contributed by atoms with Gasteiger partial charge in [-0.25, -0.2) is 4.79 Å². The number of thiophene rings is 1. The fourth-order valence-electron chi connectivity index (χ4n) is 1.70. The molecule has 0 saturated heterocycles. The second-order valence-electron chi connectivity index (χ2n) is 4.29. The second kappa shape index (κ2) is 6.69. The SMILES string of the molecule is COC(=O)c1ccc(C(=O)N(C)Cc2ccc(Cl)s2)nc1. The molecule has 2 rings (SSSR count). The number of nitrogens with zero attached hydrogens (tertiary/aromatic N) is 2. The van der Waals surface area contributed by atoms with Crippen molar-refractivity contribution in [2.75, 3.05) is 14.2 Å². The summed E-state index contributed by atoms with van der Waals surface area (Å²) in [5.41, 5.74) is 0.578. The van der Waals surface area contributed by atoms with Crippen LogP contribution in [-0.4, -0.2) is 35.9 Å². The third kappa shape index (κ3) is 3.80. The predicted octanol–water partition coefficient (Wildman–Crippen LogP) is 2.86. The molecule has 0 aliphatic carbocycles. The van der Waals surface area contributed by atoms with E-state index < -0.39 is 5.97 Å². The van der Waals surface area contributed by atoms with Crippen molar-refractivity contribution < 1.29 is 14.3 Å². The molecule has 0 aromatic carbocycles. The van der Waals surface area contributed by atoms with Crippen LogP contribution in [0.2, 0.25) is 4.34 Å². The van der Waals surface area contributed by atoms with Crippen molar-refractivity contribution in [3.8, 4) is 0 Å². The molecule has 0 aliphatic heterocycles. The van der Waals surface area contributed by atoms with Gasteiger partial charge in [-0.1, -0.05) is 11.6 Å². The van der Waals surface area contributed by atoms with E-state index in [-0.39, 0.29) is 11.6 Å². The van der Waals surface area contributed by atoms with Crippen LogP contribution in [0.4, 0.5) is 0 Å². The van der Waals surface area contributed by atoms with Gasteiger partial charge in [0.2, 0.25) is 0 Å². The Morgan fingerprint density at radius 3 is 2.62 bits per heavy atom. The number of carbonyl (C=O) groups is 2. The van der Waals surface area contributed by atoms with Gasteiger partial charge in [0.15, 0.2) is 0 Å². The minimum absolute atomic E-state index is 0.226. The molecule has 0 unspecified atom stereocenters. The van der Waals surface area contributed by atoms with Gasteiger partial charge >= 0.3 is 5.97 Å². The molecule has 0 saturated carbocycles. The number of methoxy groups -OCH3 is 1. The van der Waals surface area contributed by atoms with E-state index in [1.807, 2.05) is 6.07 Å². The summed E-state index contributed by atoms with van der Waals surface area (Å²) in [5, 5.41) is 0. The zero-order valence-electron chi connectivity index (χ0n) is 11.5. The van der Waals surface area contributed by atoms with E-state index in [9.17, 15) is 9.59 Å². The molecule has 0 fully saturated rings. The molecule has 21 heavy (non-hydrogen) atoms. The van der Waals surface area contributed by atoms with Crippen LogP contribution in [0.15, 0.2) is 30.5 Å². The fourth-order valence-corrected chi connectivity index (χ4v) is 2.84. The first kappa shape index (κ1) is 15.5. The molecule has 0 radical (unpaired) electrons. The van der Waals surface area contributed by atoms with E-state index in [1.54, 1.807) is 18.0 Å². The minimum atomic E-state index is -0.483. The van der Waals surface area contributed by atoms with Crippen molar-refractivity contribution in [2.45, 2.75) is 6.54 Å². The van der Waals surface area contributed by atoms with Gasteiger partial charge in [-0.05, 0) is 24.3 Å². The van der Waals surface area contributed by atoms with Crippen LogP contribution in [0.25, 0.3) is 0 Å². The van der Waals surface area contributed by atoms with E-state index in [0.717, 1.165) is 4.88 Å². The molecule has 0 atom stereocenters. The smallest absolute Gasteiger partial charge is 0.339 e. The standard InChI is InChI=1S/C14H13ClN2O3S/c1-17(8-10-4-6-12(15)21-10)13(18)11-5-3-9(7-16-11)14(19)20-2/h3-7H,8H2,1-2H3. The molecule has 5 nitrogen and oxygen atoms in total. The monoisotopic (exact) mass is 324 g/mol. The summed E-state index contributed by atoms with van der Waals surface area (Å²) in [4.78, 5) is 30.1.